The van der Waals surface area contributed by atoms with Crippen LogP contribution in [0.25, 0.3) is 0 Å². The number of carbonyl (C=O) groups is 3. The van der Waals surface area contributed by atoms with Gasteiger partial charge in [0.05, 0.1) is 11.8 Å². The van der Waals surface area contributed by atoms with Crippen LogP contribution in [0.3, 0.4) is 0 Å². The first kappa shape index (κ1) is 10.7. The Labute approximate surface area is 99.5 Å². The summed E-state index contributed by atoms with van der Waals surface area (Å²) in [5.41, 5.74) is 0. The Morgan fingerprint density at radius 2 is 1.76 bits per heavy atom. The summed E-state index contributed by atoms with van der Waals surface area (Å²) in [6.45, 7) is -0.111. The zero-order valence-electron chi connectivity index (χ0n) is 9.81. The zero-order chi connectivity index (χ0) is 12.2. The summed E-state index contributed by atoms with van der Waals surface area (Å²) in [5, 5.41) is 2.45. The van der Waals surface area contributed by atoms with Crippen molar-refractivity contribution in [3.05, 3.63) is 0 Å². The van der Waals surface area contributed by atoms with E-state index < -0.39 is 0 Å². The minimum absolute atomic E-state index is 0.111. The first-order valence-corrected chi connectivity index (χ1v) is 6.19. The van der Waals surface area contributed by atoms with Crippen LogP contribution < -0.4 is 5.32 Å². The third-order valence-electron chi connectivity index (χ3n) is 4.60. The fraction of sp³-hybridized carbons (Fsp3) is 0.750. The summed E-state index contributed by atoms with van der Waals surface area (Å²) >= 11 is 0. The number of hydrogen-bond acceptors (Lipinski definition) is 3. The van der Waals surface area contributed by atoms with E-state index in [9.17, 15) is 14.4 Å². The number of hydrogen-bond donors (Lipinski definition) is 1. The molecular formula is C12H16N2O3. The van der Waals surface area contributed by atoms with Gasteiger partial charge in [0.1, 0.15) is 6.54 Å². The lowest BCUT2D eigenvalue weighted by Gasteiger charge is -2.19. The van der Waals surface area contributed by atoms with Crippen LogP contribution >= 0.6 is 0 Å². The molecule has 4 atom stereocenters. The van der Waals surface area contributed by atoms with Crippen molar-refractivity contribution in [3.63, 3.8) is 0 Å². The minimum atomic E-state index is -0.279. The van der Waals surface area contributed by atoms with Gasteiger partial charge < -0.3 is 5.32 Å². The Bertz CT molecular complexity index is 379. The van der Waals surface area contributed by atoms with Crippen molar-refractivity contribution >= 4 is 17.7 Å². The lowest BCUT2D eigenvalue weighted by atomic mass is 9.81. The normalized spacial score (nSPS) is 38.8. The summed E-state index contributed by atoms with van der Waals surface area (Å²) in [7, 11) is 1.51. The summed E-state index contributed by atoms with van der Waals surface area (Å²) in [4.78, 5) is 36.8. The van der Waals surface area contributed by atoms with E-state index in [4.69, 9.17) is 0 Å². The van der Waals surface area contributed by atoms with Crippen molar-refractivity contribution in [2.45, 2.75) is 19.3 Å². The van der Waals surface area contributed by atoms with E-state index in [-0.39, 0.29) is 36.1 Å². The number of amides is 3. The van der Waals surface area contributed by atoms with Crippen LogP contribution in [-0.2, 0) is 14.4 Å². The van der Waals surface area contributed by atoms with Crippen LogP contribution in [0.15, 0.2) is 0 Å². The van der Waals surface area contributed by atoms with Gasteiger partial charge in [-0.2, -0.15) is 0 Å². The van der Waals surface area contributed by atoms with E-state index in [1.807, 2.05) is 0 Å². The highest BCUT2D eigenvalue weighted by atomic mass is 16.2. The second-order valence-electron chi connectivity index (χ2n) is 5.32. The number of imide groups is 1. The lowest BCUT2D eigenvalue weighted by molar-refractivity contribution is -0.144. The highest BCUT2D eigenvalue weighted by Gasteiger charge is 2.60. The molecular weight excluding hydrogens is 220 g/mol. The molecule has 92 valence electrons. The quantitative estimate of drug-likeness (QED) is 0.673. The molecule has 1 aliphatic heterocycles. The maximum atomic E-state index is 12.2. The van der Waals surface area contributed by atoms with Gasteiger partial charge in [0.15, 0.2) is 0 Å². The fourth-order valence-electron chi connectivity index (χ4n) is 3.85. The molecule has 3 rings (SSSR count). The topological polar surface area (TPSA) is 66.5 Å². The van der Waals surface area contributed by atoms with Crippen LogP contribution in [0.2, 0.25) is 0 Å². The molecule has 5 nitrogen and oxygen atoms in total. The number of nitrogens with one attached hydrogen (secondary N) is 1. The van der Waals surface area contributed by atoms with Gasteiger partial charge in [0.2, 0.25) is 17.7 Å². The van der Waals surface area contributed by atoms with Crippen LogP contribution in [-0.4, -0.2) is 36.2 Å². The van der Waals surface area contributed by atoms with E-state index in [1.165, 1.54) is 11.9 Å². The highest BCUT2D eigenvalue weighted by Crippen LogP contribution is 2.55. The molecule has 4 unspecified atom stereocenters. The Kier molecular flexibility index (Phi) is 2.24. The molecule has 0 aromatic rings. The van der Waals surface area contributed by atoms with E-state index in [0.29, 0.717) is 11.8 Å². The Hall–Kier alpha value is -1.39. The van der Waals surface area contributed by atoms with Gasteiger partial charge in [-0.3, -0.25) is 19.3 Å². The largest absolute Gasteiger partial charge is 0.358 e. The first-order chi connectivity index (χ1) is 8.13. The Morgan fingerprint density at radius 3 is 2.24 bits per heavy atom. The van der Waals surface area contributed by atoms with E-state index >= 15 is 0 Å². The van der Waals surface area contributed by atoms with E-state index in [0.717, 1.165) is 19.3 Å². The van der Waals surface area contributed by atoms with Crippen molar-refractivity contribution in [2.75, 3.05) is 13.6 Å². The van der Waals surface area contributed by atoms with Gasteiger partial charge in [-0.05, 0) is 31.1 Å². The maximum Gasteiger partial charge on any atom is 0.239 e. The van der Waals surface area contributed by atoms with Crippen molar-refractivity contribution in [3.8, 4) is 0 Å². The third-order valence-corrected chi connectivity index (χ3v) is 4.60. The number of rotatable bonds is 2. The predicted octanol–water partition coefficient (Wildman–Crippen LogP) is -0.237. The third kappa shape index (κ3) is 1.34. The molecule has 5 heteroatoms. The van der Waals surface area contributed by atoms with Crippen molar-refractivity contribution in [2.24, 2.45) is 23.7 Å². The van der Waals surface area contributed by atoms with Gasteiger partial charge >= 0.3 is 0 Å². The standard InChI is InChI=1S/C12H16N2O3/c1-13-8(15)5-14-11(16)9-6-2-3-7(4-6)10(9)12(14)17/h6-7,9-10H,2-5H2,1H3,(H,13,15). The summed E-state index contributed by atoms with van der Waals surface area (Å²) < 4.78 is 0. The number of nitrogens with zero attached hydrogens (tertiary/aromatic N) is 1. The highest BCUT2D eigenvalue weighted by molar-refractivity contribution is 6.08. The second-order valence-corrected chi connectivity index (χ2v) is 5.32. The van der Waals surface area contributed by atoms with E-state index in [1.54, 1.807) is 0 Å². The molecule has 0 aromatic carbocycles. The molecule has 3 amide bonds. The summed E-state index contributed by atoms with van der Waals surface area (Å²) in [6, 6.07) is 0. The van der Waals surface area contributed by atoms with Gasteiger partial charge in [-0.25, -0.2) is 0 Å². The van der Waals surface area contributed by atoms with Gasteiger partial charge in [-0.15, -0.1) is 0 Å². The number of likely N-dealkylation sites (N-methyl/N-ethyl adjacent to an activating group) is 1. The maximum absolute atomic E-state index is 12.2. The molecule has 1 heterocycles. The summed E-state index contributed by atoms with van der Waals surface area (Å²) in [6.07, 6.45) is 3.16. The lowest BCUT2D eigenvalue weighted by Crippen LogP contribution is -2.40. The fourth-order valence-corrected chi connectivity index (χ4v) is 3.85. The number of fused-ring (bicyclic) bond motifs is 5. The van der Waals surface area contributed by atoms with Crippen LogP contribution in [0, 0.1) is 23.7 Å². The molecule has 17 heavy (non-hydrogen) atoms. The zero-order valence-corrected chi connectivity index (χ0v) is 9.81. The molecule has 2 saturated carbocycles. The molecule has 0 aromatic heterocycles. The van der Waals surface area contributed by atoms with Crippen molar-refractivity contribution in [1.29, 1.82) is 0 Å². The summed E-state index contributed by atoms with van der Waals surface area (Å²) in [5.74, 6) is 0.0229. The SMILES string of the molecule is CNC(=O)CN1C(=O)C2C3CCC(C3)C2C1=O. The first-order valence-electron chi connectivity index (χ1n) is 6.19. The van der Waals surface area contributed by atoms with Crippen LogP contribution in [0.5, 0.6) is 0 Å². The smallest absolute Gasteiger partial charge is 0.239 e. The molecule has 2 aliphatic carbocycles. The van der Waals surface area contributed by atoms with Crippen molar-refractivity contribution in [1.82, 2.24) is 10.2 Å². The predicted molar refractivity (Wildman–Crippen MR) is 58.6 cm³/mol. The second kappa shape index (κ2) is 3.55. The van der Waals surface area contributed by atoms with Crippen LogP contribution in [0.4, 0.5) is 0 Å². The van der Waals surface area contributed by atoms with Crippen molar-refractivity contribution < 1.29 is 14.4 Å². The monoisotopic (exact) mass is 236 g/mol. The minimum Gasteiger partial charge on any atom is -0.358 e. The van der Waals surface area contributed by atoms with Gasteiger partial charge in [-0.1, -0.05) is 0 Å². The molecule has 0 spiro atoms. The molecule has 1 N–H and O–H groups in total. The number of likely N-dealkylation sites (tertiary alicyclic amines) is 1. The van der Waals surface area contributed by atoms with Crippen LogP contribution in [0.1, 0.15) is 19.3 Å². The Balaban J connectivity index is 1.83. The van der Waals surface area contributed by atoms with E-state index in [2.05, 4.69) is 5.32 Å². The molecule has 1 saturated heterocycles. The number of carbonyl (C=O) groups excluding carboxylic acids is 3. The van der Waals surface area contributed by atoms with Gasteiger partial charge in [0, 0.05) is 7.05 Å². The molecule has 0 radical (unpaired) electrons. The van der Waals surface area contributed by atoms with Gasteiger partial charge in [0.25, 0.3) is 0 Å². The molecule has 3 aliphatic rings. The average Bonchev–Trinajstić information content (AvgIpc) is 2.98. The molecule has 3 fully saturated rings. The average molecular weight is 236 g/mol. The Morgan fingerprint density at radius 1 is 1.24 bits per heavy atom. The molecule has 2 bridgehead atoms.